The molecule has 0 spiro atoms. The molecule has 0 saturated heterocycles. The zero-order chi connectivity index (χ0) is 21.6. The number of amides is 1. The second-order valence-electron chi connectivity index (χ2n) is 7.79. The predicted octanol–water partition coefficient (Wildman–Crippen LogP) is 3.81. The smallest absolute Gasteiger partial charge is 0.241 e. The summed E-state index contributed by atoms with van der Waals surface area (Å²) in [6.45, 7) is 9.48. The molecule has 0 aliphatic heterocycles. The van der Waals surface area contributed by atoms with Crippen LogP contribution in [0.5, 0.6) is 0 Å². The molecule has 2 N–H and O–H groups in total. The van der Waals surface area contributed by atoms with Crippen LogP contribution in [0.15, 0.2) is 47.4 Å². The summed E-state index contributed by atoms with van der Waals surface area (Å²) in [7, 11) is -3.86. The van der Waals surface area contributed by atoms with Gasteiger partial charge in [0.2, 0.25) is 15.9 Å². The molecule has 2 aromatic carbocycles. The molecular formula is C23H32N2O3S. The summed E-state index contributed by atoms with van der Waals surface area (Å²) < 4.78 is 29.1. The lowest BCUT2D eigenvalue weighted by atomic mass is 10.1. The van der Waals surface area contributed by atoms with Gasteiger partial charge in [-0.2, -0.15) is 4.72 Å². The minimum Gasteiger partial charge on any atom is -0.352 e. The number of hydrogen-bond acceptors (Lipinski definition) is 3. The molecule has 5 nitrogen and oxygen atoms in total. The van der Waals surface area contributed by atoms with Gasteiger partial charge in [-0.05, 0) is 57.2 Å². The van der Waals surface area contributed by atoms with Crippen LogP contribution in [0.3, 0.4) is 0 Å². The van der Waals surface area contributed by atoms with E-state index in [1.807, 2.05) is 56.3 Å². The fourth-order valence-electron chi connectivity index (χ4n) is 3.72. The standard InChI is InChI=1S/C23H32N2O3S/c1-6-10-19(5)24-23(26)21(15-20-11-8-7-9-12-20)25-29(27,28)22-17(3)13-16(2)14-18(22)4/h7-9,11-14,19,21,25H,6,10,15H2,1-5H3,(H,24,26). The van der Waals surface area contributed by atoms with Crippen molar-refractivity contribution >= 4 is 15.9 Å². The van der Waals surface area contributed by atoms with Gasteiger partial charge in [0, 0.05) is 6.04 Å². The van der Waals surface area contributed by atoms with Crippen LogP contribution in [0.25, 0.3) is 0 Å². The third-order valence-corrected chi connectivity index (χ3v) is 6.66. The molecule has 0 bridgehead atoms. The van der Waals surface area contributed by atoms with Crippen LogP contribution in [0, 0.1) is 20.8 Å². The Morgan fingerprint density at radius 2 is 1.62 bits per heavy atom. The number of carbonyl (C=O) groups is 1. The third kappa shape index (κ3) is 6.41. The molecule has 2 atom stereocenters. The van der Waals surface area contributed by atoms with E-state index in [9.17, 15) is 13.2 Å². The molecule has 2 rings (SSSR count). The van der Waals surface area contributed by atoms with Crippen LogP contribution >= 0.6 is 0 Å². The maximum atomic E-state index is 13.2. The number of hydrogen-bond donors (Lipinski definition) is 2. The van der Waals surface area contributed by atoms with Gasteiger partial charge in [-0.25, -0.2) is 8.42 Å². The van der Waals surface area contributed by atoms with Gasteiger partial charge < -0.3 is 5.32 Å². The molecular weight excluding hydrogens is 384 g/mol. The topological polar surface area (TPSA) is 75.3 Å². The molecule has 6 heteroatoms. The summed E-state index contributed by atoms with van der Waals surface area (Å²) in [6, 6.07) is 12.2. The maximum Gasteiger partial charge on any atom is 0.241 e. The zero-order valence-corrected chi connectivity index (χ0v) is 18.8. The summed E-state index contributed by atoms with van der Waals surface area (Å²) in [6.07, 6.45) is 2.07. The molecule has 0 heterocycles. The van der Waals surface area contributed by atoms with E-state index in [4.69, 9.17) is 0 Å². The summed E-state index contributed by atoms with van der Waals surface area (Å²) in [5.74, 6) is -0.305. The Bertz CT molecular complexity index is 917. The lowest BCUT2D eigenvalue weighted by Gasteiger charge is -2.22. The van der Waals surface area contributed by atoms with E-state index >= 15 is 0 Å². The summed E-state index contributed by atoms with van der Waals surface area (Å²) in [5, 5.41) is 2.95. The number of aryl methyl sites for hydroxylation is 3. The SMILES string of the molecule is CCCC(C)NC(=O)C(Cc1ccccc1)NS(=O)(=O)c1c(C)cc(C)cc1C. The number of rotatable bonds is 9. The molecule has 2 unspecified atom stereocenters. The van der Waals surface area contributed by atoms with E-state index in [1.165, 1.54) is 0 Å². The van der Waals surface area contributed by atoms with Gasteiger partial charge in [0.25, 0.3) is 0 Å². The van der Waals surface area contributed by atoms with E-state index < -0.39 is 16.1 Å². The Labute approximate surface area is 175 Å². The first-order chi connectivity index (χ1) is 13.6. The van der Waals surface area contributed by atoms with Crippen LogP contribution < -0.4 is 10.0 Å². The highest BCUT2D eigenvalue weighted by atomic mass is 32.2. The van der Waals surface area contributed by atoms with Gasteiger partial charge in [0.15, 0.2) is 0 Å². The Morgan fingerprint density at radius 1 is 1.03 bits per heavy atom. The maximum absolute atomic E-state index is 13.2. The minimum atomic E-state index is -3.86. The van der Waals surface area contributed by atoms with Crippen molar-refractivity contribution in [3.05, 3.63) is 64.7 Å². The first-order valence-corrected chi connectivity index (χ1v) is 11.6. The largest absolute Gasteiger partial charge is 0.352 e. The summed E-state index contributed by atoms with van der Waals surface area (Å²) >= 11 is 0. The fourth-order valence-corrected chi connectivity index (χ4v) is 5.37. The molecule has 2 aromatic rings. The fraction of sp³-hybridized carbons (Fsp3) is 0.435. The first-order valence-electron chi connectivity index (χ1n) is 10.1. The second kappa shape index (κ2) is 10.0. The van der Waals surface area contributed by atoms with Gasteiger partial charge in [0.1, 0.15) is 6.04 Å². The highest BCUT2D eigenvalue weighted by Crippen LogP contribution is 2.22. The molecule has 158 valence electrons. The van der Waals surface area contributed by atoms with E-state index in [-0.39, 0.29) is 23.3 Å². The average molecular weight is 417 g/mol. The predicted molar refractivity (Wildman–Crippen MR) is 117 cm³/mol. The molecule has 1 amide bonds. The van der Waals surface area contributed by atoms with E-state index in [0.717, 1.165) is 24.0 Å². The molecule has 0 aliphatic rings. The van der Waals surface area contributed by atoms with Crippen LogP contribution in [0.4, 0.5) is 0 Å². The van der Waals surface area contributed by atoms with Crippen molar-refractivity contribution in [2.24, 2.45) is 0 Å². The van der Waals surface area contributed by atoms with Crippen molar-refractivity contribution in [1.29, 1.82) is 0 Å². The second-order valence-corrected chi connectivity index (χ2v) is 9.44. The van der Waals surface area contributed by atoms with Crippen LogP contribution in [0.2, 0.25) is 0 Å². The van der Waals surface area contributed by atoms with E-state index in [0.29, 0.717) is 11.1 Å². The van der Waals surface area contributed by atoms with Crippen LogP contribution in [-0.4, -0.2) is 26.4 Å². The number of sulfonamides is 1. The number of carbonyl (C=O) groups excluding carboxylic acids is 1. The van der Waals surface area contributed by atoms with Crippen LogP contribution in [-0.2, 0) is 21.2 Å². The first kappa shape index (κ1) is 23.1. The van der Waals surface area contributed by atoms with E-state index in [2.05, 4.69) is 17.0 Å². The minimum absolute atomic E-state index is 0.0156. The van der Waals surface area contributed by atoms with Crippen molar-refractivity contribution in [3.63, 3.8) is 0 Å². The highest BCUT2D eigenvalue weighted by Gasteiger charge is 2.28. The molecule has 0 aliphatic carbocycles. The van der Waals surface area contributed by atoms with Crippen molar-refractivity contribution in [3.8, 4) is 0 Å². The van der Waals surface area contributed by atoms with Gasteiger partial charge in [0.05, 0.1) is 4.90 Å². The monoisotopic (exact) mass is 416 g/mol. The molecule has 0 fully saturated rings. The average Bonchev–Trinajstić information content (AvgIpc) is 2.60. The van der Waals surface area contributed by atoms with Crippen molar-refractivity contribution in [2.45, 2.75) is 70.9 Å². The van der Waals surface area contributed by atoms with Crippen molar-refractivity contribution in [2.75, 3.05) is 0 Å². The van der Waals surface area contributed by atoms with Gasteiger partial charge >= 0.3 is 0 Å². The lowest BCUT2D eigenvalue weighted by molar-refractivity contribution is -0.123. The van der Waals surface area contributed by atoms with Gasteiger partial charge in [-0.3, -0.25) is 4.79 Å². The number of nitrogens with one attached hydrogen (secondary N) is 2. The molecule has 0 saturated carbocycles. The molecule has 29 heavy (non-hydrogen) atoms. The van der Waals surface area contributed by atoms with Crippen molar-refractivity contribution < 1.29 is 13.2 Å². The Morgan fingerprint density at radius 3 is 2.17 bits per heavy atom. The lowest BCUT2D eigenvalue weighted by Crippen LogP contribution is -2.50. The highest BCUT2D eigenvalue weighted by molar-refractivity contribution is 7.89. The Kier molecular flexibility index (Phi) is 7.99. The molecule has 0 aromatic heterocycles. The molecule has 0 radical (unpaired) electrons. The third-order valence-electron chi connectivity index (χ3n) is 4.88. The summed E-state index contributed by atoms with van der Waals surface area (Å²) in [4.78, 5) is 13.2. The zero-order valence-electron chi connectivity index (χ0n) is 18.0. The Hall–Kier alpha value is -2.18. The normalized spacial score (nSPS) is 13.7. The van der Waals surface area contributed by atoms with Gasteiger partial charge in [-0.15, -0.1) is 0 Å². The van der Waals surface area contributed by atoms with E-state index in [1.54, 1.807) is 13.8 Å². The Balaban J connectivity index is 2.34. The van der Waals surface area contributed by atoms with Crippen molar-refractivity contribution in [1.82, 2.24) is 10.0 Å². The number of benzene rings is 2. The summed E-state index contributed by atoms with van der Waals surface area (Å²) in [5.41, 5.74) is 3.25. The van der Waals surface area contributed by atoms with Gasteiger partial charge in [-0.1, -0.05) is 61.4 Å². The quantitative estimate of drug-likeness (QED) is 0.653. The van der Waals surface area contributed by atoms with Crippen LogP contribution in [0.1, 0.15) is 48.9 Å².